The highest BCUT2D eigenvalue weighted by molar-refractivity contribution is 5.62. The van der Waals surface area contributed by atoms with Crippen LogP contribution in [-0.4, -0.2) is 16.5 Å². The topological polar surface area (TPSA) is 54.7 Å². The summed E-state index contributed by atoms with van der Waals surface area (Å²) in [6.45, 7) is 7.20. The normalized spacial score (nSPS) is 16.6. The molecule has 106 valence electrons. The van der Waals surface area contributed by atoms with Crippen LogP contribution in [-0.2, 0) is 5.41 Å². The summed E-state index contributed by atoms with van der Waals surface area (Å²) >= 11 is 0. The molecule has 0 aliphatic heterocycles. The Kier molecular flexibility index (Phi) is 3.17. The molecule has 3 heteroatoms. The van der Waals surface area contributed by atoms with E-state index in [1.165, 1.54) is 11.1 Å². The van der Waals surface area contributed by atoms with Crippen LogP contribution in [0.4, 0.5) is 0 Å². The van der Waals surface area contributed by atoms with Crippen molar-refractivity contribution in [1.82, 2.24) is 9.97 Å². The van der Waals surface area contributed by atoms with Crippen LogP contribution in [0.15, 0.2) is 24.3 Å². The van der Waals surface area contributed by atoms with E-state index in [-0.39, 0.29) is 5.41 Å². The Morgan fingerprint density at radius 1 is 1.25 bits per heavy atom. The summed E-state index contributed by atoms with van der Waals surface area (Å²) in [7, 11) is 0. The Balaban J connectivity index is 1.94. The zero-order chi connectivity index (χ0) is 14.3. The molecule has 0 bridgehead atoms. The van der Waals surface area contributed by atoms with Gasteiger partial charge in [-0.2, -0.15) is 0 Å². The predicted octanol–water partition coefficient (Wildman–Crippen LogP) is 3.50. The van der Waals surface area contributed by atoms with E-state index in [2.05, 4.69) is 50.0 Å². The Labute approximate surface area is 120 Å². The van der Waals surface area contributed by atoms with Gasteiger partial charge in [0.1, 0.15) is 5.82 Å². The van der Waals surface area contributed by atoms with Crippen molar-refractivity contribution in [2.24, 2.45) is 5.73 Å². The highest BCUT2D eigenvalue weighted by atomic mass is 15.0. The number of hydrogen-bond donors (Lipinski definition) is 2. The lowest BCUT2D eigenvalue weighted by atomic mass is 10.0. The number of hydrogen-bond acceptors (Lipinski definition) is 2. The van der Waals surface area contributed by atoms with Crippen LogP contribution in [0.3, 0.4) is 0 Å². The number of imidazole rings is 1. The van der Waals surface area contributed by atoms with Gasteiger partial charge in [-0.25, -0.2) is 4.98 Å². The Hall–Kier alpha value is -1.61. The van der Waals surface area contributed by atoms with Gasteiger partial charge in [-0.1, -0.05) is 38.1 Å². The van der Waals surface area contributed by atoms with E-state index in [1.807, 2.05) is 0 Å². The second-order valence-electron chi connectivity index (χ2n) is 6.32. The first-order valence-electron chi connectivity index (χ1n) is 7.43. The summed E-state index contributed by atoms with van der Waals surface area (Å²) in [5.41, 5.74) is 10.8. The minimum absolute atomic E-state index is 0.126. The van der Waals surface area contributed by atoms with Crippen LogP contribution in [0, 0.1) is 6.92 Å². The summed E-state index contributed by atoms with van der Waals surface area (Å²) in [4.78, 5) is 8.27. The molecular weight excluding hydrogens is 246 g/mol. The van der Waals surface area contributed by atoms with Crippen LogP contribution >= 0.6 is 0 Å². The number of aromatic amines is 1. The molecule has 0 saturated heterocycles. The molecule has 3 nitrogen and oxygen atoms in total. The lowest BCUT2D eigenvalue weighted by molar-refractivity contribution is 0.658. The van der Waals surface area contributed by atoms with Crippen molar-refractivity contribution in [3.8, 4) is 11.3 Å². The molecule has 1 aromatic heterocycles. The van der Waals surface area contributed by atoms with Crippen molar-refractivity contribution in [1.29, 1.82) is 0 Å². The summed E-state index contributed by atoms with van der Waals surface area (Å²) < 4.78 is 0. The maximum absolute atomic E-state index is 5.89. The van der Waals surface area contributed by atoms with Gasteiger partial charge < -0.3 is 10.7 Å². The van der Waals surface area contributed by atoms with Gasteiger partial charge in [-0.05, 0) is 31.2 Å². The van der Waals surface area contributed by atoms with Gasteiger partial charge >= 0.3 is 0 Å². The third-order valence-electron chi connectivity index (χ3n) is 4.48. The van der Waals surface area contributed by atoms with Crippen molar-refractivity contribution >= 4 is 0 Å². The summed E-state index contributed by atoms with van der Waals surface area (Å²) in [5.74, 6) is 1.63. The molecule has 0 radical (unpaired) electrons. The van der Waals surface area contributed by atoms with E-state index in [0.717, 1.165) is 30.1 Å². The summed E-state index contributed by atoms with van der Waals surface area (Å²) in [5, 5.41) is 0. The van der Waals surface area contributed by atoms with Crippen LogP contribution in [0.5, 0.6) is 0 Å². The first-order valence-corrected chi connectivity index (χ1v) is 7.43. The number of aromatic nitrogens is 2. The number of nitrogens with one attached hydrogen (secondary N) is 1. The lowest BCUT2D eigenvalue weighted by Gasteiger charge is -2.07. The maximum atomic E-state index is 5.89. The Morgan fingerprint density at radius 2 is 1.90 bits per heavy atom. The van der Waals surface area contributed by atoms with Crippen LogP contribution in [0.1, 0.15) is 49.7 Å². The van der Waals surface area contributed by atoms with E-state index < -0.39 is 0 Å². The third kappa shape index (κ3) is 2.16. The van der Waals surface area contributed by atoms with E-state index in [9.17, 15) is 0 Å². The fraction of sp³-hybridized carbons (Fsp3) is 0.471. The molecule has 1 aliphatic rings. The standard InChI is InChI=1S/C17H23N3/c1-11(2)13-4-6-14(7-5-13)15-12(3)19-16(20-15)17(10-18)8-9-17/h4-7,11H,8-10,18H2,1-3H3,(H,19,20). The Bertz CT molecular complexity index is 604. The van der Waals surface area contributed by atoms with Gasteiger partial charge in [0, 0.05) is 23.2 Å². The van der Waals surface area contributed by atoms with Crippen molar-refractivity contribution in [2.75, 3.05) is 6.54 Å². The fourth-order valence-electron chi connectivity index (χ4n) is 2.71. The van der Waals surface area contributed by atoms with Crippen LogP contribution < -0.4 is 5.73 Å². The molecule has 1 aromatic carbocycles. The number of nitrogens with zero attached hydrogens (tertiary/aromatic N) is 1. The first kappa shape index (κ1) is 13.4. The molecule has 1 heterocycles. The minimum atomic E-state index is 0.126. The molecule has 20 heavy (non-hydrogen) atoms. The molecular formula is C17H23N3. The number of rotatable bonds is 4. The molecule has 1 saturated carbocycles. The van der Waals surface area contributed by atoms with Crippen LogP contribution in [0.2, 0.25) is 0 Å². The van der Waals surface area contributed by atoms with Gasteiger partial charge in [-0.3, -0.25) is 0 Å². The second kappa shape index (κ2) is 4.74. The third-order valence-corrected chi connectivity index (χ3v) is 4.48. The van der Waals surface area contributed by atoms with Gasteiger partial charge in [0.15, 0.2) is 0 Å². The zero-order valence-electron chi connectivity index (χ0n) is 12.5. The average Bonchev–Trinajstić information content (AvgIpc) is 3.16. The average molecular weight is 269 g/mol. The number of nitrogens with two attached hydrogens (primary N) is 1. The molecule has 2 aromatic rings. The minimum Gasteiger partial charge on any atom is -0.345 e. The van der Waals surface area contributed by atoms with E-state index in [1.54, 1.807) is 0 Å². The predicted molar refractivity (Wildman–Crippen MR) is 82.8 cm³/mol. The van der Waals surface area contributed by atoms with Crippen molar-refractivity contribution in [2.45, 2.75) is 44.9 Å². The van der Waals surface area contributed by atoms with Crippen molar-refractivity contribution in [3.05, 3.63) is 41.3 Å². The SMILES string of the molecule is Cc1[nH]c(C2(CN)CC2)nc1-c1ccc(C(C)C)cc1. The Morgan fingerprint density at radius 3 is 2.40 bits per heavy atom. The van der Waals surface area contributed by atoms with Gasteiger partial charge in [0.25, 0.3) is 0 Å². The number of aryl methyl sites for hydroxylation is 1. The molecule has 0 unspecified atom stereocenters. The smallest absolute Gasteiger partial charge is 0.114 e. The van der Waals surface area contributed by atoms with E-state index >= 15 is 0 Å². The molecule has 1 aliphatic carbocycles. The molecule has 0 spiro atoms. The first-order chi connectivity index (χ1) is 9.55. The highest BCUT2D eigenvalue weighted by Gasteiger charge is 2.45. The lowest BCUT2D eigenvalue weighted by Crippen LogP contribution is -2.21. The zero-order valence-corrected chi connectivity index (χ0v) is 12.5. The van der Waals surface area contributed by atoms with Gasteiger partial charge in [0.05, 0.1) is 5.69 Å². The highest BCUT2D eigenvalue weighted by Crippen LogP contribution is 2.46. The quantitative estimate of drug-likeness (QED) is 0.892. The van der Waals surface area contributed by atoms with E-state index in [0.29, 0.717) is 12.5 Å². The van der Waals surface area contributed by atoms with Crippen LogP contribution in [0.25, 0.3) is 11.3 Å². The molecule has 3 rings (SSSR count). The second-order valence-corrected chi connectivity index (χ2v) is 6.32. The molecule has 0 atom stereocenters. The van der Waals surface area contributed by atoms with E-state index in [4.69, 9.17) is 10.7 Å². The molecule has 0 amide bonds. The number of benzene rings is 1. The number of H-pyrrole nitrogens is 1. The summed E-state index contributed by atoms with van der Waals surface area (Å²) in [6.07, 6.45) is 2.31. The summed E-state index contributed by atoms with van der Waals surface area (Å²) in [6, 6.07) is 8.74. The molecule has 1 fully saturated rings. The fourth-order valence-corrected chi connectivity index (χ4v) is 2.71. The van der Waals surface area contributed by atoms with Crippen molar-refractivity contribution in [3.63, 3.8) is 0 Å². The maximum Gasteiger partial charge on any atom is 0.114 e. The van der Waals surface area contributed by atoms with Gasteiger partial charge in [0.2, 0.25) is 0 Å². The largest absolute Gasteiger partial charge is 0.345 e. The monoisotopic (exact) mass is 269 g/mol. The van der Waals surface area contributed by atoms with Gasteiger partial charge in [-0.15, -0.1) is 0 Å². The van der Waals surface area contributed by atoms with Crippen molar-refractivity contribution < 1.29 is 0 Å². The molecule has 3 N–H and O–H groups in total.